The number of halogens is 3. The van der Waals surface area contributed by atoms with Crippen LogP contribution in [0.2, 0.25) is 5.02 Å². The lowest BCUT2D eigenvalue weighted by atomic mass is 9.80. The van der Waals surface area contributed by atoms with E-state index in [9.17, 15) is 4.79 Å². The number of amides is 1. The summed E-state index contributed by atoms with van der Waals surface area (Å²) in [5.74, 6) is -2.26. The third kappa shape index (κ3) is 3.73. The summed E-state index contributed by atoms with van der Waals surface area (Å²) in [6.45, 7) is 2.92. The summed E-state index contributed by atoms with van der Waals surface area (Å²) in [5.41, 5.74) is 6.34. The largest absolute Gasteiger partial charge is 0.486 e. The first kappa shape index (κ1) is 24.0. The number of fused-ring (bicyclic) bond motifs is 2. The van der Waals surface area contributed by atoms with Crippen LogP contribution in [0.25, 0.3) is 11.1 Å². The standard InChI is InChI=1S/C28H26ClF2N3O3/c1-14-13-36-26-19(34-14)10-16(27(32)35)23(25(26)31)22-17-12-28(21-8-5-9-33-21,15-6-3-2-4-7-15)37-20(17)11-18(30)24(22)29/h2-4,6-7,10-11,14,21,33-34H,5,8-9,12-13H2,1H3,(H2,32,35)/t14?,21-,28-/m0/s1. The van der Waals surface area contributed by atoms with E-state index >= 15 is 8.78 Å². The van der Waals surface area contributed by atoms with E-state index in [1.165, 1.54) is 12.1 Å². The van der Waals surface area contributed by atoms with Crippen molar-refractivity contribution in [2.45, 2.75) is 43.9 Å². The van der Waals surface area contributed by atoms with Crippen LogP contribution >= 0.6 is 11.6 Å². The Labute approximate surface area is 218 Å². The van der Waals surface area contributed by atoms with Crippen LogP contribution < -0.4 is 25.8 Å². The van der Waals surface area contributed by atoms with Gasteiger partial charge in [0.2, 0.25) is 5.91 Å². The number of rotatable bonds is 4. The number of carbonyl (C=O) groups excluding carboxylic acids is 1. The number of ether oxygens (including phenoxy) is 2. The Morgan fingerprint density at radius 3 is 2.68 bits per heavy atom. The predicted molar refractivity (Wildman–Crippen MR) is 137 cm³/mol. The minimum atomic E-state index is -0.864. The zero-order chi connectivity index (χ0) is 25.9. The number of hydrogen-bond acceptors (Lipinski definition) is 5. The van der Waals surface area contributed by atoms with Gasteiger partial charge < -0.3 is 25.8 Å². The van der Waals surface area contributed by atoms with Crippen molar-refractivity contribution in [2.75, 3.05) is 18.5 Å². The lowest BCUT2D eigenvalue weighted by Crippen LogP contribution is -2.48. The van der Waals surface area contributed by atoms with Crippen LogP contribution in [0, 0.1) is 11.6 Å². The third-order valence-corrected chi connectivity index (χ3v) is 7.89. The fourth-order valence-electron chi connectivity index (χ4n) is 5.86. The Morgan fingerprint density at radius 2 is 1.97 bits per heavy atom. The Balaban J connectivity index is 1.59. The molecule has 3 aliphatic heterocycles. The zero-order valence-electron chi connectivity index (χ0n) is 20.2. The summed E-state index contributed by atoms with van der Waals surface area (Å²) in [7, 11) is 0. The molecule has 3 aromatic carbocycles. The van der Waals surface area contributed by atoms with Gasteiger partial charge in [-0.3, -0.25) is 4.79 Å². The van der Waals surface area contributed by atoms with Gasteiger partial charge in [0, 0.05) is 29.2 Å². The lowest BCUT2D eigenvalue weighted by Gasteiger charge is -2.35. The van der Waals surface area contributed by atoms with Gasteiger partial charge in [-0.2, -0.15) is 0 Å². The van der Waals surface area contributed by atoms with E-state index in [0.717, 1.165) is 24.9 Å². The molecule has 0 aliphatic carbocycles. The molecule has 37 heavy (non-hydrogen) atoms. The molecule has 0 aromatic heterocycles. The SMILES string of the molecule is CC1COc2c(cc(C(N)=O)c(-c3c(Cl)c(F)cc4c3C[C@](c3ccccc3)([C@@H]3CCCN3)O4)c2F)N1. The van der Waals surface area contributed by atoms with Crippen molar-refractivity contribution in [1.82, 2.24) is 5.32 Å². The van der Waals surface area contributed by atoms with Crippen LogP contribution in [0.15, 0.2) is 42.5 Å². The van der Waals surface area contributed by atoms with Crippen molar-refractivity contribution >= 4 is 23.2 Å². The van der Waals surface area contributed by atoms with Crippen molar-refractivity contribution < 1.29 is 23.0 Å². The summed E-state index contributed by atoms with van der Waals surface area (Å²) < 4.78 is 43.7. The van der Waals surface area contributed by atoms with Gasteiger partial charge in [-0.05, 0) is 37.9 Å². The van der Waals surface area contributed by atoms with Crippen molar-refractivity contribution in [2.24, 2.45) is 5.73 Å². The number of nitrogens with two attached hydrogens (primary N) is 1. The number of primary amides is 1. The minimum absolute atomic E-state index is 0.0575. The highest BCUT2D eigenvalue weighted by Gasteiger charge is 2.50. The molecule has 3 atom stereocenters. The molecule has 6 nitrogen and oxygen atoms in total. The van der Waals surface area contributed by atoms with E-state index in [-0.39, 0.29) is 51.9 Å². The first-order valence-corrected chi connectivity index (χ1v) is 12.7. The smallest absolute Gasteiger partial charge is 0.249 e. The molecular formula is C28H26ClF2N3O3. The monoisotopic (exact) mass is 525 g/mol. The lowest BCUT2D eigenvalue weighted by molar-refractivity contribution is 0.0539. The topological polar surface area (TPSA) is 85.6 Å². The van der Waals surface area contributed by atoms with Crippen LogP contribution in [0.3, 0.4) is 0 Å². The normalized spacial score (nSPS) is 24.0. The molecule has 1 amide bonds. The van der Waals surface area contributed by atoms with Crippen LogP contribution in [0.5, 0.6) is 11.5 Å². The first-order chi connectivity index (χ1) is 17.8. The van der Waals surface area contributed by atoms with Crippen LogP contribution in [-0.4, -0.2) is 31.1 Å². The number of hydrogen-bond donors (Lipinski definition) is 3. The maximum Gasteiger partial charge on any atom is 0.249 e. The van der Waals surface area contributed by atoms with E-state index < -0.39 is 23.1 Å². The molecule has 1 unspecified atom stereocenters. The van der Waals surface area contributed by atoms with Crippen molar-refractivity contribution in [1.29, 1.82) is 0 Å². The van der Waals surface area contributed by atoms with Crippen LogP contribution in [-0.2, 0) is 12.0 Å². The Bertz CT molecular complexity index is 1410. The average Bonchev–Trinajstić information content (AvgIpc) is 3.55. The van der Waals surface area contributed by atoms with Gasteiger partial charge in [-0.25, -0.2) is 8.78 Å². The van der Waals surface area contributed by atoms with Gasteiger partial charge in [0.1, 0.15) is 18.2 Å². The summed E-state index contributed by atoms with van der Waals surface area (Å²) in [6, 6.07) is 12.2. The van der Waals surface area contributed by atoms with Gasteiger partial charge in [0.25, 0.3) is 0 Å². The van der Waals surface area contributed by atoms with E-state index in [1.807, 2.05) is 37.3 Å². The van der Waals surface area contributed by atoms with E-state index in [1.54, 1.807) is 0 Å². The van der Waals surface area contributed by atoms with E-state index in [0.29, 0.717) is 17.7 Å². The number of benzene rings is 3. The quantitative estimate of drug-likeness (QED) is 0.438. The Hall–Kier alpha value is -3.36. The van der Waals surface area contributed by atoms with E-state index in [2.05, 4.69) is 10.6 Å². The summed E-state index contributed by atoms with van der Waals surface area (Å²) >= 11 is 6.54. The molecule has 0 radical (unpaired) electrons. The number of nitrogens with one attached hydrogen (secondary N) is 2. The molecule has 0 spiro atoms. The van der Waals surface area contributed by atoms with Crippen LogP contribution in [0.4, 0.5) is 14.5 Å². The molecule has 6 rings (SSSR count). The first-order valence-electron chi connectivity index (χ1n) is 12.3. The minimum Gasteiger partial charge on any atom is -0.486 e. The fraction of sp³-hybridized carbons (Fsp3) is 0.321. The molecule has 3 aliphatic rings. The summed E-state index contributed by atoms with van der Waals surface area (Å²) in [5, 5.41) is 6.33. The molecule has 3 aromatic rings. The average molecular weight is 526 g/mol. The van der Waals surface area contributed by atoms with Gasteiger partial charge >= 0.3 is 0 Å². The molecule has 0 saturated carbocycles. The van der Waals surface area contributed by atoms with Crippen molar-refractivity contribution in [3.05, 3.63) is 75.8 Å². The Morgan fingerprint density at radius 1 is 1.19 bits per heavy atom. The molecular weight excluding hydrogens is 500 g/mol. The third-order valence-electron chi connectivity index (χ3n) is 7.52. The zero-order valence-corrected chi connectivity index (χ0v) is 20.9. The highest BCUT2D eigenvalue weighted by molar-refractivity contribution is 6.34. The van der Waals surface area contributed by atoms with Crippen LogP contribution in [0.1, 0.15) is 41.3 Å². The van der Waals surface area contributed by atoms with Gasteiger partial charge in [0.15, 0.2) is 17.2 Å². The second-order valence-electron chi connectivity index (χ2n) is 9.92. The van der Waals surface area contributed by atoms with Crippen molar-refractivity contribution in [3.8, 4) is 22.6 Å². The second-order valence-corrected chi connectivity index (χ2v) is 10.3. The summed E-state index contributed by atoms with van der Waals surface area (Å²) in [6.07, 6.45) is 2.12. The molecule has 4 N–H and O–H groups in total. The number of carbonyl (C=O) groups is 1. The molecule has 0 bridgehead atoms. The molecule has 192 valence electrons. The number of anilines is 1. The molecule has 3 heterocycles. The van der Waals surface area contributed by atoms with Gasteiger partial charge in [0.05, 0.1) is 28.4 Å². The molecule has 1 fully saturated rings. The molecule has 1 saturated heterocycles. The maximum atomic E-state index is 16.2. The maximum absolute atomic E-state index is 16.2. The summed E-state index contributed by atoms with van der Waals surface area (Å²) in [4.78, 5) is 12.6. The molecule has 9 heteroatoms. The van der Waals surface area contributed by atoms with Gasteiger partial charge in [-0.15, -0.1) is 0 Å². The van der Waals surface area contributed by atoms with Crippen molar-refractivity contribution in [3.63, 3.8) is 0 Å². The second kappa shape index (κ2) is 8.89. The Kier molecular flexibility index (Phi) is 5.76. The highest BCUT2D eigenvalue weighted by Crippen LogP contribution is 2.53. The highest BCUT2D eigenvalue weighted by atomic mass is 35.5. The fourth-order valence-corrected chi connectivity index (χ4v) is 6.12. The van der Waals surface area contributed by atoms with Gasteiger partial charge in [-0.1, -0.05) is 41.9 Å². The van der Waals surface area contributed by atoms with E-state index in [4.69, 9.17) is 26.8 Å². The predicted octanol–water partition coefficient (Wildman–Crippen LogP) is 5.16.